The quantitative estimate of drug-likeness (QED) is 0.382. The van der Waals surface area contributed by atoms with Crippen molar-refractivity contribution >= 4 is 32.0 Å². The highest BCUT2D eigenvalue weighted by Gasteiger charge is 2.54. The van der Waals surface area contributed by atoms with Crippen LogP contribution in [0.5, 0.6) is 11.6 Å². The number of nitrogens with two attached hydrogens (primary N) is 1. The Hall–Kier alpha value is -4.22. The molecule has 2 unspecified atom stereocenters. The number of hydrogen-bond acceptors (Lipinski definition) is 8. The van der Waals surface area contributed by atoms with Crippen LogP contribution < -0.4 is 30.7 Å². The first kappa shape index (κ1) is 27.4. The number of amides is 2. The van der Waals surface area contributed by atoms with Crippen LogP contribution in [0.4, 0.5) is 5.69 Å². The zero-order chi connectivity index (χ0) is 28.4. The van der Waals surface area contributed by atoms with Crippen LogP contribution in [0, 0.1) is 16.7 Å². The maximum atomic E-state index is 13.2. The summed E-state index contributed by atoms with van der Waals surface area (Å²) in [5.74, 6) is -0.473. The normalized spacial score (nSPS) is 16.3. The molecule has 3 heterocycles. The fourth-order valence-corrected chi connectivity index (χ4v) is 5.57. The highest BCUT2D eigenvalue weighted by atomic mass is 31.0. The average molecular weight is 559 g/mol. The smallest absolute Gasteiger partial charge is 0.274 e. The van der Waals surface area contributed by atoms with Gasteiger partial charge < -0.3 is 25.4 Å². The van der Waals surface area contributed by atoms with Gasteiger partial charge in [0, 0.05) is 24.7 Å². The molecule has 1 saturated carbocycles. The van der Waals surface area contributed by atoms with Crippen molar-refractivity contribution in [3.63, 3.8) is 0 Å². The second-order valence-electron chi connectivity index (χ2n) is 10.3. The third-order valence-corrected chi connectivity index (χ3v) is 7.68. The summed E-state index contributed by atoms with van der Waals surface area (Å²) in [6.07, 6.45) is 3.19. The summed E-state index contributed by atoms with van der Waals surface area (Å²) >= 11 is 0. The minimum absolute atomic E-state index is 0.0595. The van der Waals surface area contributed by atoms with Crippen LogP contribution in [0.2, 0.25) is 0 Å². The van der Waals surface area contributed by atoms with Crippen molar-refractivity contribution in [1.29, 1.82) is 5.26 Å². The minimum atomic E-state index is -0.880. The van der Waals surface area contributed by atoms with Crippen molar-refractivity contribution in [3.8, 4) is 29.0 Å². The second-order valence-corrected chi connectivity index (χ2v) is 11.0. The zero-order valence-electron chi connectivity index (χ0n) is 22.4. The summed E-state index contributed by atoms with van der Waals surface area (Å²) in [6.45, 7) is 5.50. The molecule has 2 atom stereocenters. The molecule has 2 fully saturated rings. The van der Waals surface area contributed by atoms with E-state index in [0.717, 1.165) is 36.9 Å². The molecule has 1 aromatic carbocycles. The third kappa shape index (κ3) is 5.43. The van der Waals surface area contributed by atoms with Crippen molar-refractivity contribution in [3.05, 3.63) is 59.9 Å². The van der Waals surface area contributed by atoms with Crippen LogP contribution >= 0.6 is 9.24 Å². The van der Waals surface area contributed by atoms with Gasteiger partial charge in [-0.15, -0.1) is 9.24 Å². The molecule has 2 aliphatic rings. The number of pyridine rings is 2. The minimum Gasteiger partial charge on any atom is -0.488 e. The Kier molecular flexibility index (Phi) is 7.59. The van der Waals surface area contributed by atoms with Gasteiger partial charge in [0.2, 0.25) is 11.8 Å². The maximum Gasteiger partial charge on any atom is 0.274 e. The van der Waals surface area contributed by atoms with Crippen molar-refractivity contribution < 1.29 is 19.1 Å². The Morgan fingerprint density at radius 3 is 2.75 bits per heavy atom. The van der Waals surface area contributed by atoms with Crippen LogP contribution in [-0.2, 0) is 4.79 Å². The summed E-state index contributed by atoms with van der Waals surface area (Å²) in [7, 11) is 2.62. The van der Waals surface area contributed by atoms with E-state index in [1.54, 1.807) is 24.4 Å². The number of rotatable bonds is 9. The molecule has 10 nitrogen and oxygen atoms in total. The third-order valence-electron chi connectivity index (χ3n) is 7.33. The Morgan fingerprint density at radius 2 is 2.05 bits per heavy atom. The van der Waals surface area contributed by atoms with Crippen LogP contribution in [0.25, 0.3) is 11.3 Å². The highest BCUT2D eigenvalue weighted by Crippen LogP contribution is 2.51. The number of carbonyl (C=O) groups is 2. The molecule has 5 rings (SSSR count). The van der Waals surface area contributed by atoms with Gasteiger partial charge in [0.05, 0.1) is 29.1 Å². The topological polar surface area (TPSA) is 143 Å². The van der Waals surface area contributed by atoms with Gasteiger partial charge in [-0.3, -0.25) is 9.59 Å². The van der Waals surface area contributed by atoms with Gasteiger partial charge in [-0.25, -0.2) is 9.97 Å². The Morgan fingerprint density at radius 1 is 1.27 bits per heavy atom. The number of carbonyl (C=O) groups excluding carboxylic acids is 2. The molecule has 1 spiro atoms. The van der Waals surface area contributed by atoms with Crippen LogP contribution in [-0.4, -0.2) is 53.6 Å². The van der Waals surface area contributed by atoms with Crippen molar-refractivity contribution in [2.45, 2.75) is 38.8 Å². The Balaban J connectivity index is 1.32. The predicted octanol–water partition coefficient (Wildman–Crippen LogP) is 2.57. The lowest BCUT2D eigenvalue weighted by atomic mass is 9.61. The monoisotopic (exact) mass is 558 g/mol. The van der Waals surface area contributed by atoms with Gasteiger partial charge >= 0.3 is 0 Å². The molecular weight excluding hydrogens is 527 g/mol. The molecule has 40 heavy (non-hydrogen) atoms. The zero-order valence-corrected chi connectivity index (χ0v) is 23.5. The van der Waals surface area contributed by atoms with E-state index < -0.39 is 17.9 Å². The second kappa shape index (κ2) is 11.1. The first-order valence-corrected chi connectivity index (χ1v) is 13.7. The van der Waals surface area contributed by atoms with Gasteiger partial charge in [0.25, 0.3) is 5.91 Å². The number of aromatic nitrogens is 2. The average Bonchev–Trinajstić information content (AvgIpc) is 2.90. The summed E-state index contributed by atoms with van der Waals surface area (Å²) < 4.78 is 11.9. The molecule has 2 aromatic heterocycles. The fraction of sp³-hybridized carbons (Fsp3) is 0.345. The van der Waals surface area contributed by atoms with Crippen LogP contribution in [0.1, 0.15) is 42.7 Å². The summed E-state index contributed by atoms with van der Waals surface area (Å²) in [6, 6.07) is 14.3. The maximum absolute atomic E-state index is 13.2. The molecule has 1 saturated heterocycles. The molecule has 2 amide bonds. The Labute approximate surface area is 235 Å². The predicted molar refractivity (Wildman–Crippen MR) is 154 cm³/mol. The van der Waals surface area contributed by atoms with E-state index >= 15 is 0 Å². The largest absolute Gasteiger partial charge is 0.488 e. The molecule has 206 valence electrons. The molecule has 1 aliphatic carbocycles. The van der Waals surface area contributed by atoms with Gasteiger partial charge in [-0.1, -0.05) is 6.07 Å². The van der Waals surface area contributed by atoms with E-state index in [-0.39, 0.29) is 17.2 Å². The lowest BCUT2D eigenvalue weighted by Crippen LogP contribution is -2.65. The number of hydrogen-bond donors (Lipinski definition) is 2. The van der Waals surface area contributed by atoms with Crippen molar-refractivity contribution in [1.82, 2.24) is 15.3 Å². The first-order valence-electron chi connectivity index (χ1n) is 13.1. The number of nitriles is 1. The number of anilines is 1. The SMILES string of the molecule is CCOc1ncccc1-c1ccc(OC2CC3(C2)CN(c2ccc(P)cc2C#N)C3)c(C(=O)NC(C)C(N)=O)n1. The van der Waals surface area contributed by atoms with E-state index in [2.05, 4.69) is 35.5 Å². The van der Waals surface area contributed by atoms with Crippen LogP contribution in [0.3, 0.4) is 0 Å². The van der Waals surface area contributed by atoms with Crippen LogP contribution in [0.15, 0.2) is 48.7 Å². The molecule has 11 heteroatoms. The number of nitrogens with one attached hydrogen (secondary N) is 1. The lowest BCUT2D eigenvalue weighted by Gasteiger charge is -2.59. The van der Waals surface area contributed by atoms with E-state index in [1.807, 2.05) is 31.2 Å². The van der Waals surface area contributed by atoms with Crippen molar-refractivity contribution in [2.75, 3.05) is 24.6 Å². The molecule has 0 radical (unpaired) electrons. The number of benzene rings is 1. The summed E-state index contributed by atoms with van der Waals surface area (Å²) in [5, 5.41) is 13.1. The van der Waals surface area contributed by atoms with Gasteiger partial charge in [0.1, 0.15) is 18.2 Å². The standard InChI is InChI=1S/C29H31N6O4P/c1-3-38-28-21(5-4-10-32-28)22-7-9-24(25(34-22)27(37)33-17(2)26(31)36)39-19-12-29(13-19)15-35(16-29)23-8-6-20(40)11-18(23)14-30/h4-11,17,19H,3,12-13,15-16,40H2,1-2H3,(H2,31,36)(H,33,37). The van der Waals surface area contributed by atoms with E-state index in [1.165, 1.54) is 6.92 Å². The highest BCUT2D eigenvalue weighted by molar-refractivity contribution is 7.27. The number of primary amides is 1. The molecule has 0 bridgehead atoms. The van der Waals surface area contributed by atoms with E-state index in [0.29, 0.717) is 35.1 Å². The van der Waals surface area contributed by atoms with Gasteiger partial charge in [0.15, 0.2) is 11.4 Å². The molecular formula is C29H31N6O4P. The molecule has 3 N–H and O–H groups in total. The first-order chi connectivity index (χ1) is 19.2. The summed E-state index contributed by atoms with van der Waals surface area (Å²) in [5.41, 5.74) is 8.29. The molecule has 1 aliphatic heterocycles. The van der Waals surface area contributed by atoms with E-state index in [9.17, 15) is 14.9 Å². The fourth-order valence-electron chi connectivity index (χ4n) is 5.31. The van der Waals surface area contributed by atoms with Crippen molar-refractivity contribution in [2.24, 2.45) is 11.1 Å². The van der Waals surface area contributed by atoms with E-state index in [4.69, 9.17) is 15.2 Å². The lowest BCUT2D eigenvalue weighted by molar-refractivity contribution is -0.119. The number of nitrogens with zero attached hydrogens (tertiary/aromatic N) is 4. The number of ether oxygens (including phenoxy) is 2. The summed E-state index contributed by atoms with van der Waals surface area (Å²) in [4.78, 5) is 35.9. The van der Waals surface area contributed by atoms with Gasteiger partial charge in [-0.2, -0.15) is 5.26 Å². The molecule has 3 aromatic rings. The van der Waals surface area contributed by atoms with Gasteiger partial charge in [-0.05, 0) is 68.4 Å². The Bertz CT molecular complexity index is 1490.